The van der Waals surface area contributed by atoms with Gasteiger partial charge in [0.2, 0.25) is 0 Å². The Hall–Kier alpha value is -1.78. The summed E-state index contributed by atoms with van der Waals surface area (Å²) in [7, 11) is 1.66. The third kappa shape index (κ3) is 2.25. The van der Waals surface area contributed by atoms with Crippen molar-refractivity contribution in [1.29, 1.82) is 0 Å². The molecule has 3 rings (SSSR count). The van der Waals surface area contributed by atoms with E-state index in [1.54, 1.807) is 24.5 Å². The quantitative estimate of drug-likeness (QED) is 0.719. The maximum Gasteiger partial charge on any atom is 0.124 e. The van der Waals surface area contributed by atoms with Crippen LogP contribution in [0.5, 0.6) is 5.75 Å². The highest BCUT2D eigenvalue weighted by Crippen LogP contribution is 2.34. The fraction of sp³-hybridized carbons (Fsp3) is 0.0714. The first-order valence-electron chi connectivity index (χ1n) is 5.67. The molecule has 1 aromatic heterocycles. The van der Waals surface area contributed by atoms with Crippen LogP contribution in [0.3, 0.4) is 0 Å². The van der Waals surface area contributed by atoms with Crippen LogP contribution in [0.4, 0.5) is 5.69 Å². The first kappa shape index (κ1) is 12.3. The molecule has 2 aromatic carbocycles. The predicted octanol–water partition coefficient (Wildman–Crippen LogP) is 4.21. The van der Waals surface area contributed by atoms with Crippen molar-refractivity contribution in [3.05, 3.63) is 41.4 Å². The summed E-state index contributed by atoms with van der Waals surface area (Å²) >= 11 is 7.53. The minimum Gasteiger partial charge on any atom is -0.497 e. The maximum atomic E-state index is 5.93. The van der Waals surface area contributed by atoms with Gasteiger partial charge in [0.15, 0.2) is 0 Å². The van der Waals surface area contributed by atoms with Crippen molar-refractivity contribution in [1.82, 2.24) is 4.98 Å². The average molecular weight is 291 g/mol. The summed E-state index contributed by atoms with van der Waals surface area (Å²) in [6, 6.07) is 11.4. The Bertz CT molecular complexity index is 754. The van der Waals surface area contributed by atoms with E-state index in [4.69, 9.17) is 22.1 Å². The van der Waals surface area contributed by atoms with E-state index in [0.717, 1.165) is 26.5 Å². The summed E-state index contributed by atoms with van der Waals surface area (Å²) in [6.07, 6.45) is 0. The second kappa shape index (κ2) is 4.72. The fourth-order valence-corrected chi connectivity index (χ4v) is 2.94. The third-order valence-corrected chi connectivity index (χ3v) is 4.25. The highest BCUT2D eigenvalue weighted by Gasteiger charge is 2.08. The zero-order valence-corrected chi connectivity index (χ0v) is 11.8. The molecule has 3 aromatic rings. The summed E-state index contributed by atoms with van der Waals surface area (Å²) in [5, 5.41) is 1.48. The molecule has 0 spiro atoms. The van der Waals surface area contributed by atoms with Crippen LogP contribution in [0.25, 0.3) is 20.8 Å². The topological polar surface area (TPSA) is 48.1 Å². The van der Waals surface area contributed by atoms with Gasteiger partial charge in [0.1, 0.15) is 10.8 Å². The lowest BCUT2D eigenvalue weighted by Gasteiger charge is -2.00. The van der Waals surface area contributed by atoms with Crippen LogP contribution >= 0.6 is 22.9 Å². The van der Waals surface area contributed by atoms with Crippen molar-refractivity contribution >= 4 is 38.8 Å². The van der Waals surface area contributed by atoms with Crippen molar-refractivity contribution in [2.24, 2.45) is 0 Å². The molecular weight excluding hydrogens is 280 g/mol. The number of hydrogen-bond acceptors (Lipinski definition) is 4. The number of rotatable bonds is 2. The van der Waals surface area contributed by atoms with Gasteiger partial charge < -0.3 is 10.5 Å². The number of nitrogen functional groups attached to an aromatic ring is 1. The number of ether oxygens (including phenoxy) is 1. The Kier molecular flexibility index (Phi) is 3.05. The van der Waals surface area contributed by atoms with E-state index in [2.05, 4.69) is 4.98 Å². The van der Waals surface area contributed by atoms with E-state index in [-0.39, 0.29) is 0 Å². The SMILES string of the molecule is COc1ccc2nc(-c3ccc(Cl)c(N)c3)sc2c1. The van der Waals surface area contributed by atoms with Gasteiger partial charge in [-0.05, 0) is 30.3 Å². The van der Waals surface area contributed by atoms with Gasteiger partial charge in [-0.25, -0.2) is 4.98 Å². The molecule has 96 valence electrons. The summed E-state index contributed by atoms with van der Waals surface area (Å²) in [5.74, 6) is 0.832. The van der Waals surface area contributed by atoms with Gasteiger partial charge in [-0.15, -0.1) is 11.3 Å². The molecule has 0 saturated heterocycles. The Labute approximate surface area is 119 Å². The lowest BCUT2D eigenvalue weighted by atomic mass is 10.2. The number of fused-ring (bicyclic) bond motifs is 1. The van der Waals surface area contributed by atoms with Crippen LogP contribution in [0.15, 0.2) is 36.4 Å². The van der Waals surface area contributed by atoms with Gasteiger partial charge in [0, 0.05) is 5.56 Å². The molecule has 0 atom stereocenters. The molecule has 0 saturated carbocycles. The first-order valence-corrected chi connectivity index (χ1v) is 6.87. The number of aromatic nitrogens is 1. The summed E-state index contributed by atoms with van der Waals surface area (Å²) in [5.41, 5.74) is 8.32. The van der Waals surface area contributed by atoms with Crippen LogP contribution in [-0.2, 0) is 0 Å². The molecule has 0 aliphatic rings. The van der Waals surface area contributed by atoms with Crippen LogP contribution in [0.2, 0.25) is 5.02 Å². The van der Waals surface area contributed by atoms with Crippen molar-refractivity contribution in [2.45, 2.75) is 0 Å². The lowest BCUT2D eigenvalue weighted by molar-refractivity contribution is 0.415. The highest BCUT2D eigenvalue weighted by atomic mass is 35.5. The van der Waals surface area contributed by atoms with Crippen molar-refractivity contribution < 1.29 is 4.74 Å². The van der Waals surface area contributed by atoms with Crippen molar-refractivity contribution in [2.75, 3.05) is 12.8 Å². The van der Waals surface area contributed by atoms with E-state index >= 15 is 0 Å². The van der Waals surface area contributed by atoms with E-state index in [0.29, 0.717) is 10.7 Å². The zero-order valence-electron chi connectivity index (χ0n) is 10.2. The summed E-state index contributed by atoms with van der Waals surface area (Å²) < 4.78 is 6.30. The monoisotopic (exact) mass is 290 g/mol. The van der Waals surface area contributed by atoms with Gasteiger partial charge in [-0.2, -0.15) is 0 Å². The first-order chi connectivity index (χ1) is 9.17. The summed E-state index contributed by atoms with van der Waals surface area (Å²) in [4.78, 5) is 4.59. The van der Waals surface area contributed by atoms with Crippen LogP contribution in [0.1, 0.15) is 0 Å². The molecular formula is C14H11ClN2OS. The number of nitrogens with zero attached hydrogens (tertiary/aromatic N) is 1. The minimum atomic E-state index is 0.562. The molecule has 3 nitrogen and oxygen atoms in total. The van der Waals surface area contributed by atoms with E-state index in [1.165, 1.54) is 0 Å². The lowest BCUT2D eigenvalue weighted by Crippen LogP contribution is -1.86. The van der Waals surface area contributed by atoms with Crippen LogP contribution in [-0.4, -0.2) is 12.1 Å². The Balaban J connectivity index is 2.11. The number of methoxy groups -OCH3 is 1. The van der Waals surface area contributed by atoms with Crippen molar-refractivity contribution in [3.8, 4) is 16.3 Å². The Morgan fingerprint density at radius 3 is 2.79 bits per heavy atom. The number of hydrogen-bond donors (Lipinski definition) is 1. The largest absolute Gasteiger partial charge is 0.497 e. The molecule has 0 amide bonds. The van der Waals surface area contributed by atoms with E-state index in [9.17, 15) is 0 Å². The molecule has 1 heterocycles. The van der Waals surface area contributed by atoms with Crippen LogP contribution in [0, 0.1) is 0 Å². The normalized spacial score (nSPS) is 10.8. The van der Waals surface area contributed by atoms with Crippen LogP contribution < -0.4 is 10.5 Å². The zero-order chi connectivity index (χ0) is 13.4. The minimum absolute atomic E-state index is 0.562. The standard InChI is InChI=1S/C14H11ClN2OS/c1-18-9-3-5-12-13(7-9)19-14(17-12)8-2-4-10(15)11(16)6-8/h2-7H,16H2,1H3. The second-order valence-electron chi connectivity index (χ2n) is 4.09. The predicted molar refractivity (Wildman–Crippen MR) is 81.0 cm³/mol. The van der Waals surface area contributed by atoms with Gasteiger partial charge >= 0.3 is 0 Å². The fourth-order valence-electron chi connectivity index (χ4n) is 1.83. The number of thiazole rings is 1. The van der Waals surface area contributed by atoms with Gasteiger partial charge in [0.05, 0.1) is 28.0 Å². The number of halogens is 1. The van der Waals surface area contributed by atoms with E-state index < -0.39 is 0 Å². The molecule has 0 aliphatic carbocycles. The Morgan fingerprint density at radius 1 is 1.21 bits per heavy atom. The van der Waals surface area contributed by atoms with Gasteiger partial charge in [-0.3, -0.25) is 0 Å². The second-order valence-corrected chi connectivity index (χ2v) is 5.53. The maximum absolute atomic E-state index is 5.93. The molecule has 19 heavy (non-hydrogen) atoms. The number of anilines is 1. The molecule has 0 bridgehead atoms. The highest BCUT2D eigenvalue weighted by molar-refractivity contribution is 7.21. The summed E-state index contributed by atoms with van der Waals surface area (Å²) in [6.45, 7) is 0. The van der Waals surface area contributed by atoms with Gasteiger partial charge in [-0.1, -0.05) is 17.7 Å². The molecule has 0 aliphatic heterocycles. The smallest absolute Gasteiger partial charge is 0.124 e. The molecule has 0 radical (unpaired) electrons. The molecule has 2 N–H and O–H groups in total. The van der Waals surface area contributed by atoms with Crippen molar-refractivity contribution in [3.63, 3.8) is 0 Å². The average Bonchev–Trinajstić information content (AvgIpc) is 2.84. The van der Waals surface area contributed by atoms with E-state index in [1.807, 2.05) is 30.3 Å². The Morgan fingerprint density at radius 2 is 2.05 bits per heavy atom. The number of benzene rings is 2. The molecule has 5 heteroatoms. The molecule has 0 fully saturated rings. The number of nitrogens with two attached hydrogens (primary N) is 1. The molecule has 0 unspecified atom stereocenters. The van der Waals surface area contributed by atoms with Gasteiger partial charge in [0.25, 0.3) is 0 Å². The third-order valence-electron chi connectivity index (χ3n) is 2.84.